The van der Waals surface area contributed by atoms with Crippen LogP contribution in [0.4, 0.5) is 5.69 Å². The largest absolute Gasteiger partial charge is 0.336 e. The number of carbonyl (C=O) groups excluding carboxylic acids is 2. The normalized spacial score (nSPS) is 15.0. The Balaban J connectivity index is 1.76. The molecule has 2 heterocycles. The van der Waals surface area contributed by atoms with E-state index in [2.05, 4.69) is 15.2 Å². The average Bonchev–Trinajstić information content (AvgIpc) is 2.65. The summed E-state index contributed by atoms with van der Waals surface area (Å²) in [6.07, 6.45) is 3.01. The van der Waals surface area contributed by atoms with Crippen LogP contribution in [0.1, 0.15) is 31.8 Å². The number of nitrogens with one attached hydrogen (secondary N) is 1. The molecule has 1 aromatic carbocycles. The molecule has 1 aliphatic rings. The monoisotopic (exact) mass is 352 g/mol. The number of carbonyl (C=O) groups is 2. The highest BCUT2D eigenvalue weighted by Crippen LogP contribution is 2.20. The molecule has 0 radical (unpaired) electrons. The van der Waals surface area contributed by atoms with Crippen LogP contribution in [0.5, 0.6) is 0 Å². The number of aryl methyl sites for hydroxylation is 2. The van der Waals surface area contributed by atoms with E-state index in [1.165, 1.54) is 12.4 Å². The van der Waals surface area contributed by atoms with Crippen LogP contribution in [-0.4, -0.2) is 59.8 Å². The molecule has 2 amide bonds. The van der Waals surface area contributed by atoms with Crippen molar-refractivity contribution in [2.24, 2.45) is 0 Å². The van der Waals surface area contributed by atoms with E-state index in [4.69, 9.17) is 0 Å². The Labute approximate surface area is 153 Å². The molecule has 136 valence electrons. The Morgan fingerprint density at radius 1 is 1.00 bits per heavy atom. The smallest absolute Gasteiger partial charge is 0.257 e. The zero-order valence-electron chi connectivity index (χ0n) is 15.5. The van der Waals surface area contributed by atoms with E-state index in [-0.39, 0.29) is 11.8 Å². The first kappa shape index (κ1) is 18.1. The maximum absolute atomic E-state index is 12.7. The minimum atomic E-state index is -0.261. The van der Waals surface area contributed by atoms with Crippen molar-refractivity contribution in [3.63, 3.8) is 0 Å². The van der Waals surface area contributed by atoms with Gasteiger partial charge in [0.05, 0.1) is 11.1 Å². The molecule has 0 aliphatic carbocycles. The second kappa shape index (κ2) is 7.66. The molecule has 0 bridgehead atoms. The van der Waals surface area contributed by atoms with E-state index in [0.717, 1.165) is 29.9 Å². The zero-order chi connectivity index (χ0) is 18.7. The van der Waals surface area contributed by atoms with Gasteiger partial charge < -0.3 is 15.1 Å². The Hall–Kier alpha value is -2.73. The summed E-state index contributed by atoms with van der Waals surface area (Å²) in [5, 5.41) is 2.94. The molecule has 1 aliphatic heterocycles. The van der Waals surface area contributed by atoms with Gasteiger partial charge in [0.15, 0.2) is 0 Å². The molecule has 2 aromatic rings. The van der Waals surface area contributed by atoms with Crippen LogP contribution in [0.3, 0.4) is 0 Å². The highest BCUT2D eigenvalue weighted by molar-refractivity contribution is 6.06. The Kier molecular flexibility index (Phi) is 5.32. The van der Waals surface area contributed by atoms with Crippen LogP contribution in [0, 0.1) is 13.8 Å². The quantitative estimate of drug-likeness (QED) is 0.921. The second-order valence-electron chi connectivity index (χ2n) is 6.78. The van der Waals surface area contributed by atoms with Gasteiger partial charge in [-0.2, -0.15) is 0 Å². The molecule has 0 saturated carbocycles. The number of amides is 2. The maximum atomic E-state index is 12.7. The molecular weight excluding hydrogens is 328 g/mol. The molecular formula is C20H24N4O2. The van der Waals surface area contributed by atoms with E-state index < -0.39 is 0 Å². The van der Waals surface area contributed by atoms with Gasteiger partial charge in [-0.15, -0.1) is 0 Å². The zero-order valence-corrected chi connectivity index (χ0v) is 15.5. The van der Waals surface area contributed by atoms with E-state index >= 15 is 0 Å². The fourth-order valence-electron chi connectivity index (χ4n) is 3.07. The molecule has 1 saturated heterocycles. The molecule has 0 unspecified atom stereocenters. The number of piperazine rings is 1. The van der Waals surface area contributed by atoms with E-state index in [9.17, 15) is 9.59 Å². The lowest BCUT2D eigenvalue weighted by Crippen LogP contribution is -2.47. The summed E-state index contributed by atoms with van der Waals surface area (Å²) >= 11 is 0. The van der Waals surface area contributed by atoms with Gasteiger partial charge in [0.25, 0.3) is 11.8 Å². The van der Waals surface area contributed by atoms with Gasteiger partial charge in [0.2, 0.25) is 0 Å². The summed E-state index contributed by atoms with van der Waals surface area (Å²) in [7, 11) is 2.04. The predicted molar refractivity (Wildman–Crippen MR) is 102 cm³/mol. The van der Waals surface area contributed by atoms with Crippen LogP contribution >= 0.6 is 0 Å². The summed E-state index contributed by atoms with van der Waals surface area (Å²) in [6.45, 7) is 6.99. The standard InChI is InChI=1S/C20H24N4O2/c1-14-5-4-6-15(2)18(14)22-19(25)16-11-17(13-21-12-16)20(26)24-9-7-23(3)8-10-24/h4-6,11-13H,7-10H2,1-3H3,(H,22,25). The van der Waals surface area contributed by atoms with Crippen molar-refractivity contribution in [3.05, 3.63) is 58.9 Å². The predicted octanol–water partition coefficient (Wildman–Crippen LogP) is 2.34. The van der Waals surface area contributed by atoms with Crippen LogP contribution in [0.25, 0.3) is 0 Å². The Morgan fingerprint density at radius 3 is 2.27 bits per heavy atom. The fourth-order valence-corrected chi connectivity index (χ4v) is 3.07. The molecule has 26 heavy (non-hydrogen) atoms. The van der Waals surface area contributed by atoms with Gasteiger partial charge in [0, 0.05) is 44.3 Å². The summed E-state index contributed by atoms with van der Waals surface area (Å²) in [5.74, 6) is -0.338. The number of aromatic nitrogens is 1. The SMILES string of the molecule is Cc1cccc(C)c1NC(=O)c1cncc(C(=O)N2CCN(C)CC2)c1. The van der Waals surface area contributed by atoms with Gasteiger partial charge in [-0.1, -0.05) is 18.2 Å². The minimum Gasteiger partial charge on any atom is -0.336 e. The first-order valence-corrected chi connectivity index (χ1v) is 8.76. The second-order valence-corrected chi connectivity index (χ2v) is 6.78. The maximum Gasteiger partial charge on any atom is 0.257 e. The number of benzene rings is 1. The first-order valence-electron chi connectivity index (χ1n) is 8.76. The molecule has 1 aromatic heterocycles. The van der Waals surface area contributed by atoms with Gasteiger partial charge in [-0.25, -0.2) is 0 Å². The van der Waals surface area contributed by atoms with Gasteiger partial charge in [-0.05, 0) is 38.1 Å². The van der Waals surface area contributed by atoms with Crippen molar-refractivity contribution in [1.82, 2.24) is 14.8 Å². The highest BCUT2D eigenvalue weighted by atomic mass is 16.2. The van der Waals surface area contributed by atoms with Gasteiger partial charge in [-0.3, -0.25) is 14.6 Å². The third kappa shape index (κ3) is 3.91. The molecule has 3 rings (SSSR count). The van der Waals surface area contributed by atoms with Crippen molar-refractivity contribution in [3.8, 4) is 0 Å². The third-order valence-electron chi connectivity index (χ3n) is 4.76. The van der Waals surface area contributed by atoms with Crippen molar-refractivity contribution in [2.45, 2.75) is 13.8 Å². The van der Waals surface area contributed by atoms with Crippen LogP contribution in [0.15, 0.2) is 36.7 Å². The number of nitrogens with zero attached hydrogens (tertiary/aromatic N) is 3. The number of likely N-dealkylation sites (N-methyl/N-ethyl adjacent to an activating group) is 1. The van der Waals surface area contributed by atoms with Gasteiger partial charge >= 0.3 is 0 Å². The number of para-hydroxylation sites is 1. The molecule has 6 heteroatoms. The molecule has 6 nitrogen and oxygen atoms in total. The number of pyridine rings is 1. The van der Waals surface area contributed by atoms with Crippen LogP contribution in [-0.2, 0) is 0 Å². The number of hydrogen-bond donors (Lipinski definition) is 1. The van der Waals surface area contributed by atoms with Crippen LogP contribution < -0.4 is 5.32 Å². The highest BCUT2D eigenvalue weighted by Gasteiger charge is 2.21. The van der Waals surface area contributed by atoms with Crippen molar-refractivity contribution >= 4 is 17.5 Å². The van der Waals surface area contributed by atoms with Crippen molar-refractivity contribution in [2.75, 3.05) is 38.5 Å². The number of hydrogen-bond acceptors (Lipinski definition) is 4. The fraction of sp³-hybridized carbons (Fsp3) is 0.350. The Morgan fingerprint density at radius 2 is 1.62 bits per heavy atom. The third-order valence-corrected chi connectivity index (χ3v) is 4.76. The minimum absolute atomic E-state index is 0.0766. The summed E-state index contributed by atoms with van der Waals surface area (Å²) < 4.78 is 0. The van der Waals surface area contributed by atoms with E-state index in [0.29, 0.717) is 24.2 Å². The number of anilines is 1. The molecule has 0 spiro atoms. The average molecular weight is 352 g/mol. The van der Waals surface area contributed by atoms with Gasteiger partial charge in [0.1, 0.15) is 0 Å². The topological polar surface area (TPSA) is 65.5 Å². The molecule has 1 N–H and O–H groups in total. The van der Waals surface area contributed by atoms with Crippen molar-refractivity contribution in [1.29, 1.82) is 0 Å². The molecule has 1 fully saturated rings. The van der Waals surface area contributed by atoms with E-state index in [1.54, 1.807) is 6.07 Å². The lowest BCUT2D eigenvalue weighted by molar-refractivity contribution is 0.0663. The summed E-state index contributed by atoms with van der Waals surface area (Å²) in [4.78, 5) is 33.4. The summed E-state index contributed by atoms with van der Waals surface area (Å²) in [5.41, 5.74) is 3.62. The van der Waals surface area contributed by atoms with E-state index in [1.807, 2.05) is 44.0 Å². The lowest BCUT2D eigenvalue weighted by atomic mass is 10.1. The Bertz CT molecular complexity index is 806. The number of rotatable bonds is 3. The molecule has 0 atom stereocenters. The van der Waals surface area contributed by atoms with Crippen molar-refractivity contribution < 1.29 is 9.59 Å². The first-order chi connectivity index (χ1) is 12.5. The summed E-state index contributed by atoms with van der Waals surface area (Å²) in [6, 6.07) is 7.48. The van der Waals surface area contributed by atoms with Crippen LogP contribution in [0.2, 0.25) is 0 Å². The lowest BCUT2D eigenvalue weighted by Gasteiger charge is -2.32.